The fourth-order valence-corrected chi connectivity index (χ4v) is 4.19. The lowest BCUT2D eigenvalue weighted by molar-refractivity contribution is -0.178. The van der Waals surface area contributed by atoms with Gasteiger partial charge in [0.2, 0.25) is 5.91 Å². The molecule has 1 atom stereocenters. The van der Waals surface area contributed by atoms with Crippen LogP contribution in [0.5, 0.6) is 0 Å². The van der Waals surface area contributed by atoms with E-state index >= 15 is 0 Å². The topological polar surface area (TPSA) is 130 Å². The minimum absolute atomic E-state index is 0.112. The van der Waals surface area contributed by atoms with Gasteiger partial charge in [-0.2, -0.15) is 0 Å². The number of esters is 1. The van der Waals surface area contributed by atoms with E-state index < -0.39 is 36.0 Å². The number of amides is 2. The number of aliphatic hydroxyl groups is 1. The molecule has 1 fully saturated rings. The number of imide groups is 1. The van der Waals surface area contributed by atoms with Gasteiger partial charge in [-0.25, -0.2) is 9.59 Å². The Kier molecular flexibility index (Phi) is 5.73. The normalized spacial score (nSPS) is 18.6. The number of carbonyl (C=O) groups is 4. The van der Waals surface area contributed by atoms with Crippen molar-refractivity contribution in [3.8, 4) is 0 Å². The van der Waals surface area contributed by atoms with Crippen LogP contribution in [0.3, 0.4) is 0 Å². The number of hydrogen-bond donors (Lipinski definition) is 3. The first-order valence-electron chi connectivity index (χ1n) is 7.85. The van der Waals surface area contributed by atoms with Crippen LogP contribution in [0.2, 0.25) is 0 Å². The van der Waals surface area contributed by atoms with Crippen molar-refractivity contribution < 1.29 is 34.1 Å². The molecule has 144 valence electrons. The molecular formula is C18H13NO7S2. The predicted octanol–water partition coefficient (Wildman–Crippen LogP) is 2.08. The van der Waals surface area contributed by atoms with Crippen molar-refractivity contribution in [2.45, 2.75) is 22.0 Å². The molecule has 0 spiro atoms. The van der Waals surface area contributed by atoms with Gasteiger partial charge in [-0.3, -0.25) is 14.9 Å². The monoisotopic (exact) mass is 419 g/mol. The predicted molar refractivity (Wildman–Crippen MR) is 99.7 cm³/mol. The zero-order chi connectivity index (χ0) is 20.3. The summed E-state index contributed by atoms with van der Waals surface area (Å²) in [6, 6.07) is 12.7. The Morgan fingerprint density at radius 1 is 0.929 bits per heavy atom. The first-order chi connectivity index (χ1) is 13.3. The molecule has 3 N–H and O–H groups in total. The summed E-state index contributed by atoms with van der Waals surface area (Å²) < 4.78 is 4.79. The van der Waals surface area contributed by atoms with Crippen molar-refractivity contribution in [3.05, 3.63) is 59.7 Å². The van der Waals surface area contributed by atoms with Crippen LogP contribution in [0.25, 0.3) is 0 Å². The van der Waals surface area contributed by atoms with Crippen molar-refractivity contribution in [3.63, 3.8) is 0 Å². The smallest absolute Gasteiger partial charge is 0.341 e. The number of ether oxygens (including phenoxy) is 1. The Labute approximate surface area is 166 Å². The SMILES string of the molecule is O=C1CC(O)(OC(=O)c2ccc(SSc3ccc(C(=O)O)cc3)cc2)C(=O)N1. The van der Waals surface area contributed by atoms with Crippen LogP contribution >= 0.6 is 21.6 Å². The molecule has 3 rings (SSSR count). The Morgan fingerprint density at radius 3 is 1.86 bits per heavy atom. The zero-order valence-corrected chi connectivity index (χ0v) is 15.7. The van der Waals surface area contributed by atoms with Crippen LogP contribution in [-0.2, 0) is 14.3 Å². The molecule has 1 heterocycles. The molecular weight excluding hydrogens is 406 g/mol. The van der Waals surface area contributed by atoms with Crippen LogP contribution in [0.4, 0.5) is 0 Å². The summed E-state index contributed by atoms with van der Waals surface area (Å²) in [5.41, 5.74) is 0.317. The highest BCUT2D eigenvalue weighted by Crippen LogP contribution is 2.37. The van der Waals surface area contributed by atoms with Crippen molar-refractivity contribution in [1.82, 2.24) is 5.32 Å². The molecule has 10 heteroatoms. The van der Waals surface area contributed by atoms with Crippen molar-refractivity contribution >= 4 is 45.3 Å². The van der Waals surface area contributed by atoms with Crippen LogP contribution in [-0.4, -0.2) is 39.8 Å². The first kappa shape index (κ1) is 19.9. The van der Waals surface area contributed by atoms with Crippen LogP contribution in [0, 0.1) is 0 Å². The van der Waals surface area contributed by atoms with E-state index in [0.717, 1.165) is 9.79 Å². The van der Waals surface area contributed by atoms with Gasteiger partial charge >= 0.3 is 17.7 Å². The highest BCUT2D eigenvalue weighted by molar-refractivity contribution is 8.76. The zero-order valence-electron chi connectivity index (χ0n) is 14.1. The van der Waals surface area contributed by atoms with Crippen LogP contribution in [0.1, 0.15) is 27.1 Å². The van der Waals surface area contributed by atoms with Crippen molar-refractivity contribution in [2.24, 2.45) is 0 Å². The van der Waals surface area contributed by atoms with Gasteiger partial charge in [-0.1, -0.05) is 21.6 Å². The number of hydrogen-bond acceptors (Lipinski definition) is 8. The highest BCUT2D eigenvalue weighted by Gasteiger charge is 2.49. The maximum atomic E-state index is 12.1. The molecule has 2 amide bonds. The summed E-state index contributed by atoms with van der Waals surface area (Å²) in [6.45, 7) is 0. The number of nitrogens with one attached hydrogen (secondary N) is 1. The average molecular weight is 419 g/mol. The quantitative estimate of drug-likeness (QED) is 0.279. The minimum Gasteiger partial charge on any atom is -0.478 e. The fraction of sp³-hybridized carbons (Fsp3) is 0.111. The van der Waals surface area contributed by atoms with Gasteiger partial charge in [0.1, 0.15) is 6.42 Å². The molecule has 1 aliphatic rings. The molecule has 0 saturated carbocycles. The van der Waals surface area contributed by atoms with Gasteiger partial charge in [0.25, 0.3) is 5.91 Å². The number of carboxylic acid groups (broad SMARTS) is 1. The third kappa shape index (κ3) is 4.53. The molecule has 0 radical (unpaired) electrons. The Bertz CT molecular complexity index is 943. The number of aromatic carboxylic acids is 1. The second-order valence-corrected chi connectivity index (χ2v) is 8.02. The average Bonchev–Trinajstić information content (AvgIpc) is 2.92. The molecule has 1 saturated heterocycles. The maximum Gasteiger partial charge on any atom is 0.341 e. The Balaban J connectivity index is 1.58. The van der Waals surface area contributed by atoms with Gasteiger partial charge in [0, 0.05) is 9.79 Å². The molecule has 0 aliphatic carbocycles. The fourth-order valence-electron chi connectivity index (χ4n) is 2.26. The molecule has 28 heavy (non-hydrogen) atoms. The summed E-state index contributed by atoms with van der Waals surface area (Å²) in [5.74, 6) is -6.19. The summed E-state index contributed by atoms with van der Waals surface area (Å²) in [4.78, 5) is 47.3. The third-order valence-corrected chi connectivity index (χ3v) is 6.11. The van der Waals surface area contributed by atoms with E-state index in [9.17, 15) is 24.3 Å². The van der Waals surface area contributed by atoms with Gasteiger partial charge in [0.15, 0.2) is 0 Å². The number of benzene rings is 2. The Hall–Kier alpha value is -2.82. The standard InChI is InChI=1S/C18H13NO7S2/c20-14-9-18(25,17(24)19-14)26-16(23)11-3-7-13(8-4-11)28-27-12-5-1-10(2-6-12)15(21)22/h1-8,25H,9H2,(H,21,22)(H,19,20,24). The lowest BCUT2D eigenvalue weighted by Gasteiger charge is -2.18. The van der Waals surface area contributed by atoms with Crippen LogP contribution in [0.15, 0.2) is 58.3 Å². The summed E-state index contributed by atoms with van der Waals surface area (Å²) in [6.07, 6.45) is -0.636. The summed E-state index contributed by atoms with van der Waals surface area (Å²) in [7, 11) is 2.81. The second-order valence-electron chi connectivity index (χ2n) is 5.75. The molecule has 0 bridgehead atoms. The molecule has 8 nitrogen and oxygen atoms in total. The minimum atomic E-state index is -2.49. The first-order valence-corrected chi connectivity index (χ1v) is 10.00. The largest absolute Gasteiger partial charge is 0.478 e. The highest BCUT2D eigenvalue weighted by atomic mass is 33.1. The van der Waals surface area contributed by atoms with Gasteiger partial charge in [-0.15, -0.1) is 0 Å². The molecule has 2 aromatic carbocycles. The van der Waals surface area contributed by atoms with Gasteiger partial charge in [0.05, 0.1) is 11.1 Å². The Morgan fingerprint density at radius 2 is 1.43 bits per heavy atom. The van der Waals surface area contributed by atoms with E-state index in [1.807, 2.05) is 5.32 Å². The maximum absolute atomic E-state index is 12.1. The lowest BCUT2D eigenvalue weighted by atomic mass is 10.2. The number of rotatable bonds is 6. The number of carboxylic acids is 1. The third-order valence-electron chi connectivity index (χ3n) is 3.69. The molecule has 0 aromatic heterocycles. The molecule has 2 aromatic rings. The van der Waals surface area contributed by atoms with Crippen molar-refractivity contribution in [2.75, 3.05) is 0 Å². The lowest BCUT2D eigenvalue weighted by Crippen LogP contribution is -2.42. The van der Waals surface area contributed by atoms with Gasteiger partial charge in [-0.05, 0) is 48.5 Å². The van der Waals surface area contributed by atoms with E-state index in [0.29, 0.717) is 0 Å². The van der Waals surface area contributed by atoms with E-state index in [1.54, 1.807) is 24.3 Å². The summed E-state index contributed by atoms with van der Waals surface area (Å²) >= 11 is 0. The van der Waals surface area contributed by atoms with E-state index in [1.165, 1.54) is 45.9 Å². The summed E-state index contributed by atoms with van der Waals surface area (Å²) in [5, 5.41) is 20.7. The molecule has 1 aliphatic heterocycles. The van der Waals surface area contributed by atoms with Gasteiger partial charge < -0.3 is 14.9 Å². The number of carbonyl (C=O) groups excluding carboxylic acids is 3. The van der Waals surface area contributed by atoms with Crippen LogP contribution < -0.4 is 5.32 Å². The van der Waals surface area contributed by atoms with Crippen molar-refractivity contribution in [1.29, 1.82) is 0 Å². The second kappa shape index (κ2) is 8.05. The van der Waals surface area contributed by atoms with E-state index in [4.69, 9.17) is 9.84 Å². The molecule has 1 unspecified atom stereocenters. The van der Waals surface area contributed by atoms with E-state index in [2.05, 4.69) is 0 Å². The van der Waals surface area contributed by atoms with E-state index in [-0.39, 0.29) is 11.1 Å².